The lowest BCUT2D eigenvalue weighted by Crippen LogP contribution is -2.36. The number of hydrogen-bond acceptors (Lipinski definition) is 2. The molecular weight excluding hydrogens is 268 g/mol. The van der Waals surface area contributed by atoms with Crippen LogP contribution in [0.1, 0.15) is 23.7 Å². The second-order valence-corrected chi connectivity index (χ2v) is 4.40. The first-order chi connectivity index (χ1) is 8.95. The summed E-state index contributed by atoms with van der Waals surface area (Å²) in [6.07, 6.45) is 2.31. The third kappa shape index (κ3) is 4.30. The van der Waals surface area contributed by atoms with E-state index in [0.29, 0.717) is 6.42 Å². The molecule has 1 aromatic carbocycles. The van der Waals surface area contributed by atoms with Gasteiger partial charge in [0.05, 0.1) is 10.7 Å². The molecule has 5 nitrogen and oxygen atoms in total. The highest BCUT2D eigenvalue weighted by molar-refractivity contribution is 6.34. The minimum Gasteiger partial charge on any atom is -0.478 e. The van der Waals surface area contributed by atoms with E-state index < -0.39 is 12.0 Å². The lowest BCUT2D eigenvalue weighted by molar-refractivity contribution is 0.0698. The summed E-state index contributed by atoms with van der Waals surface area (Å²) < 4.78 is 0. The van der Waals surface area contributed by atoms with E-state index in [4.69, 9.17) is 16.7 Å². The Bertz CT molecular complexity index is 503. The Balaban J connectivity index is 2.82. The SMILES string of the molecule is C=CCC(C)NC(=O)Nc1cccc(Cl)c1C(=O)O. The van der Waals surface area contributed by atoms with E-state index in [9.17, 15) is 9.59 Å². The van der Waals surface area contributed by atoms with Gasteiger partial charge in [-0.05, 0) is 25.5 Å². The Hall–Kier alpha value is -2.01. The highest BCUT2D eigenvalue weighted by Crippen LogP contribution is 2.24. The van der Waals surface area contributed by atoms with Crippen molar-refractivity contribution in [1.29, 1.82) is 0 Å². The standard InChI is InChI=1S/C13H15ClN2O3/c1-3-5-8(2)15-13(19)16-10-7-4-6-9(14)11(10)12(17)18/h3-4,6-8H,1,5H2,2H3,(H,17,18)(H2,15,16,19). The summed E-state index contributed by atoms with van der Waals surface area (Å²) in [6, 6.07) is 3.92. The first kappa shape index (κ1) is 15.0. The molecule has 0 aliphatic rings. The third-order valence-electron chi connectivity index (χ3n) is 2.37. The topological polar surface area (TPSA) is 78.4 Å². The van der Waals surface area contributed by atoms with Gasteiger partial charge in [-0.2, -0.15) is 0 Å². The highest BCUT2D eigenvalue weighted by Gasteiger charge is 2.16. The van der Waals surface area contributed by atoms with Crippen LogP contribution >= 0.6 is 11.6 Å². The molecule has 3 N–H and O–H groups in total. The molecule has 0 aliphatic heterocycles. The summed E-state index contributed by atoms with van der Waals surface area (Å²) in [6.45, 7) is 5.39. The van der Waals surface area contributed by atoms with E-state index in [1.54, 1.807) is 12.1 Å². The van der Waals surface area contributed by atoms with Crippen molar-refractivity contribution in [2.45, 2.75) is 19.4 Å². The van der Waals surface area contributed by atoms with Crippen LogP contribution in [0.4, 0.5) is 10.5 Å². The number of halogens is 1. The molecule has 0 saturated carbocycles. The van der Waals surface area contributed by atoms with Crippen molar-refractivity contribution in [1.82, 2.24) is 5.32 Å². The molecule has 1 atom stereocenters. The number of carboxylic acid groups (broad SMARTS) is 1. The number of hydrogen-bond donors (Lipinski definition) is 3. The molecule has 1 aromatic rings. The number of anilines is 1. The van der Waals surface area contributed by atoms with Crippen LogP contribution in [0.3, 0.4) is 0 Å². The van der Waals surface area contributed by atoms with Gasteiger partial charge in [-0.25, -0.2) is 9.59 Å². The average molecular weight is 283 g/mol. The van der Waals surface area contributed by atoms with Gasteiger partial charge >= 0.3 is 12.0 Å². The third-order valence-corrected chi connectivity index (χ3v) is 2.69. The quantitative estimate of drug-likeness (QED) is 0.726. The number of carbonyl (C=O) groups is 2. The van der Waals surface area contributed by atoms with Gasteiger partial charge in [-0.1, -0.05) is 23.7 Å². The van der Waals surface area contributed by atoms with Crippen molar-refractivity contribution in [3.05, 3.63) is 41.4 Å². The van der Waals surface area contributed by atoms with Crippen molar-refractivity contribution in [3.8, 4) is 0 Å². The van der Waals surface area contributed by atoms with Crippen LogP contribution in [0.15, 0.2) is 30.9 Å². The van der Waals surface area contributed by atoms with E-state index in [0.717, 1.165) is 0 Å². The fourth-order valence-electron chi connectivity index (χ4n) is 1.54. The highest BCUT2D eigenvalue weighted by atomic mass is 35.5. The van der Waals surface area contributed by atoms with Crippen LogP contribution in [0.5, 0.6) is 0 Å². The van der Waals surface area contributed by atoms with Gasteiger partial charge in [0.2, 0.25) is 0 Å². The predicted octanol–water partition coefficient (Wildman–Crippen LogP) is 3.12. The summed E-state index contributed by atoms with van der Waals surface area (Å²) in [5.41, 5.74) is 0.0268. The van der Waals surface area contributed by atoms with Gasteiger partial charge in [-0.3, -0.25) is 0 Å². The first-order valence-corrected chi connectivity index (χ1v) is 6.03. The van der Waals surface area contributed by atoms with Gasteiger partial charge in [0, 0.05) is 6.04 Å². The summed E-state index contributed by atoms with van der Waals surface area (Å²) in [4.78, 5) is 22.8. The molecule has 0 fully saturated rings. The maximum absolute atomic E-state index is 11.7. The molecule has 0 bridgehead atoms. The van der Waals surface area contributed by atoms with Crippen molar-refractivity contribution < 1.29 is 14.7 Å². The molecule has 0 heterocycles. The molecule has 1 rings (SSSR count). The van der Waals surface area contributed by atoms with Crippen LogP contribution in [0, 0.1) is 0 Å². The Morgan fingerprint density at radius 2 is 2.21 bits per heavy atom. The lowest BCUT2D eigenvalue weighted by atomic mass is 10.2. The van der Waals surface area contributed by atoms with Gasteiger partial charge in [-0.15, -0.1) is 6.58 Å². The van der Waals surface area contributed by atoms with E-state index in [1.165, 1.54) is 12.1 Å². The molecule has 0 aromatic heterocycles. The van der Waals surface area contributed by atoms with Gasteiger partial charge in [0.25, 0.3) is 0 Å². The minimum absolute atomic E-state index is 0.0736. The lowest BCUT2D eigenvalue weighted by Gasteiger charge is -2.14. The largest absolute Gasteiger partial charge is 0.478 e. The molecular formula is C13H15ClN2O3. The van der Waals surface area contributed by atoms with E-state index in [-0.39, 0.29) is 22.3 Å². The summed E-state index contributed by atoms with van der Waals surface area (Å²) in [5, 5.41) is 14.3. The normalized spacial score (nSPS) is 11.5. The smallest absolute Gasteiger partial charge is 0.339 e. The molecule has 0 radical (unpaired) electrons. The molecule has 6 heteroatoms. The Kier molecular flexibility index (Phi) is 5.38. The Labute approximate surface area is 116 Å². The number of amides is 2. The molecule has 0 spiro atoms. The molecule has 0 aliphatic carbocycles. The number of benzene rings is 1. The Morgan fingerprint density at radius 1 is 1.53 bits per heavy atom. The molecule has 2 amide bonds. The predicted molar refractivity (Wildman–Crippen MR) is 74.8 cm³/mol. The zero-order valence-corrected chi connectivity index (χ0v) is 11.2. The van der Waals surface area contributed by atoms with Crippen molar-refractivity contribution in [3.63, 3.8) is 0 Å². The zero-order valence-electron chi connectivity index (χ0n) is 10.4. The molecule has 102 valence electrons. The van der Waals surface area contributed by atoms with Crippen LogP contribution < -0.4 is 10.6 Å². The molecule has 0 saturated heterocycles. The monoisotopic (exact) mass is 282 g/mol. The van der Waals surface area contributed by atoms with E-state index in [1.807, 2.05) is 6.92 Å². The maximum Gasteiger partial charge on any atom is 0.339 e. The number of carboxylic acids is 1. The van der Waals surface area contributed by atoms with Crippen LogP contribution in [-0.4, -0.2) is 23.1 Å². The van der Waals surface area contributed by atoms with Gasteiger partial charge < -0.3 is 15.7 Å². The number of aromatic carboxylic acids is 1. The second kappa shape index (κ2) is 6.80. The summed E-state index contributed by atoms with van der Waals surface area (Å²) in [5.74, 6) is -1.19. The fourth-order valence-corrected chi connectivity index (χ4v) is 1.79. The molecule has 1 unspecified atom stereocenters. The van der Waals surface area contributed by atoms with E-state index >= 15 is 0 Å². The van der Waals surface area contributed by atoms with Crippen molar-refractivity contribution in [2.75, 3.05) is 5.32 Å². The van der Waals surface area contributed by atoms with Gasteiger partial charge in [0.1, 0.15) is 5.56 Å². The summed E-state index contributed by atoms with van der Waals surface area (Å²) >= 11 is 5.80. The number of carbonyl (C=O) groups excluding carboxylic acids is 1. The second-order valence-electron chi connectivity index (χ2n) is 3.99. The minimum atomic E-state index is -1.19. The van der Waals surface area contributed by atoms with Crippen molar-refractivity contribution in [2.24, 2.45) is 0 Å². The summed E-state index contributed by atoms with van der Waals surface area (Å²) in [7, 11) is 0. The Morgan fingerprint density at radius 3 is 2.79 bits per heavy atom. The van der Waals surface area contributed by atoms with Crippen LogP contribution in [-0.2, 0) is 0 Å². The van der Waals surface area contributed by atoms with Gasteiger partial charge in [0.15, 0.2) is 0 Å². The number of nitrogens with one attached hydrogen (secondary N) is 2. The molecule has 19 heavy (non-hydrogen) atoms. The van der Waals surface area contributed by atoms with Crippen LogP contribution in [0.25, 0.3) is 0 Å². The first-order valence-electron chi connectivity index (χ1n) is 5.66. The maximum atomic E-state index is 11.7. The average Bonchev–Trinajstić information content (AvgIpc) is 2.28. The number of rotatable bonds is 5. The zero-order chi connectivity index (χ0) is 14.4. The fraction of sp³-hybridized carbons (Fsp3) is 0.231. The van der Waals surface area contributed by atoms with Crippen molar-refractivity contribution >= 4 is 29.3 Å². The van der Waals surface area contributed by atoms with E-state index in [2.05, 4.69) is 17.2 Å². The van der Waals surface area contributed by atoms with Crippen LogP contribution in [0.2, 0.25) is 5.02 Å². The number of urea groups is 1.